The number of hydrogen-bond acceptors (Lipinski definition) is 2. The van der Waals surface area contributed by atoms with Gasteiger partial charge in [-0.2, -0.15) is 0 Å². The number of hydrazine groups is 1. The van der Waals surface area contributed by atoms with E-state index in [4.69, 9.17) is 0 Å². The van der Waals surface area contributed by atoms with E-state index in [9.17, 15) is 0 Å². The normalized spacial score (nSPS) is 10.7. The fourth-order valence-corrected chi connectivity index (χ4v) is 3.04. The van der Waals surface area contributed by atoms with Crippen molar-refractivity contribution in [2.75, 3.05) is 5.01 Å². The van der Waals surface area contributed by atoms with Crippen LogP contribution in [0.1, 0.15) is 0 Å². The van der Waals surface area contributed by atoms with Gasteiger partial charge in [-0.15, -0.1) is 5.01 Å². The summed E-state index contributed by atoms with van der Waals surface area (Å²) in [6.07, 6.45) is 0. The van der Waals surface area contributed by atoms with E-state index < -0.39 is 0 Å². The average Bonchev–Trinajstić information content (AvgIpc) is 2.74. The quantitative estimate of drug-likeness (QED) is 0.297. The Morgan fingerprint density at radius 2 is 0.692 bits per heavy atom. The van der Waals surface area contributed by atoms with Gasteiger partial charge in [-0.05, 0) is 24.3 Å². The lowest BCUT2D eigenvalue weighted by Crippen LogP contribution is -2.36. The second-order valence-electron chi connectivity index (χ2n) is 5.97. The smallest absolute Gasteiger partial charge is 0.131 e. The minimum atomic E-state index is 1.10. The molecule has 4 aromatic carbocycles. The van der Waals surface area contributed by atoms with Gasteiger partial charge in [0.1, 0.15) is 11.4 Å². The van der Waals surface area contributed by atoms with Crippen LogP contribution in [0, 0.1) is 0 Å². The largest absolute Gasteiger partial charge is 0.216 e. The first kappa shape index (κ1) is 16.1. The molecule has 0 aromatic heterocycles. The Morgan fingerprint density at radius 1 is 0.385 bits per heavy atom. The average molecular weight is 336 g/mol. The molecule has 4 aromatic rings. The molecule has 0 N–H and O–H groups in total. The Bertz CT molecular complexity index is 763. The molecule has 0 aliphatic heterocycles. The van der Waals surface area contributed by atoms with E-state index in [0.29, 0.717) is 0 Å². The number of para-hydroxylation sites is 4. The van der Waals surface area contributed by atoms with Crippen molar-refractivity contribution in [2.24, 2.45) is 0 Å². The third-order valence-corrected chi connectivity index (χ3v) is 4.20. The van der Waals surface area contributed by atoms with E-state index in [0.717, 1.165) is 22.7 Å². The third kappa shape index (κ3) is 3.37. The molecule has 0 saturated heterocycles. The van der Waals surface area contributed by atoms with Crippen LogP contribution < -0.4 is 10.0 Å². The van der Waals surface area contributed by atoms with Crippen LogP contribution in [0.15, 0.2) is 121 Å². The number of rotatable bonds is 5. The summed E-state index contributed by atoms with van der Waals surface area (Å²) in [6.45, 7) is 0. The maximum Gasteiger partial charge on any atom is 0.216 e. The van der Waals surface area contributed by atoms with Gasteiger partial charge in [0.25, 0.3) is 0 Å². The summed E-state index contributed by atoms with van der Waals surface area (Å²) in [5.74, 6) is 0. The highest BCUT2D eigenvalue weighted by Gasteiger charge is 2.33. The highest BCUT2D eigenvalue weighted by Crippen LogP contribution is 2.35. The lowest BCUT2D eigenvalue weighted by molar-refractivity contribution is 0.704. The van der Waals surface area contributed by atoms with Crippen LogP contribution in [0.25, 0.3) is 0 Å². The highest BCUT2D eigenvalue weighted by molar-refractivity contribution is 5.69. The van der Waals surface area contributed by atoms with Gasteiger partial charge in [0.15, 0.2) is 0 Å². The topological polar surface area (TPSA) is 9.14 Å². The minimum Gasteiger partial charge on any atom is -0.131 e. The van der Waals surface area contributed by atoms with Gasteiger partial charge in [-0.1, -0.05) is 72.8 Å². The van der Waals surface area contributed by atoms with Crippen LogP contribution in [-0.4, -0.2) is 0 Å². The number of hydrogen-bond donors (Lipinski definition) is 0. The molecule has 26 heavy (non-hydrogen) atoms. The van der Waals surface area contributed by atoms with E-state index in [1.807, 2.05) is 24.3 Å². The molecule has 0 spiro atoms. The maximum atomic E-state index is 2.24. The molecule has 0 aliphatic carbocycles. The van der Waals surface area contributed by atoms with Crippen molar-refractivity contribution in [2.45, 2.75) is 0 Å². The lowest BCUT2D eigenvalue weighted by atomic mass is 10.2. The molecule has 0 aliphatic rings. The van der Waals surface area contributed by atoms with Gasteiger partial charge >= 0.3 is 0 Å². The molecular formula is C24H20N2+. The highest BCUT2D eigenvalue weighted by atomic mass is 15.6. The molecular weight excluding hydrogens is 316 g/mol. The molecule has 1 radical (unpaired) electrons. The fraction of sp³-hybridized carbons (Fsp3) is 0. The predicted octanol–water partition coefficient (Wildman–Crippen LogP) is 6.54. The van der Waals surface area contributed by atoms with Crippen LogP contribution in [0.3, 0.4) is 0 Å². The summed E-state index contributed by atoms with van der Waals surface area (Å²) < 4.78 is 0. The predicted molar refractivity (Wildman–Crippen MR) is 109 cm³/mol. The third-order valence-electron chi connectivity index (χ3n) is 4.20. The van der Waals surface area contributed by atoms with E-state index in [-0.39, 0.29) is 0 Å². The van der Waals surface area contributed by atoms with Crippen molar-refractivity contribution in [1.82, 2.24) is 5.01 Å². The SMILES string of the molecule is c1ccc(N(c2ccccc2)[N+](c2ccccc2)c2ccccc2)cc1. The van der Waals surface area contributed by atoms with Crippen molar-refractivity contribution < 1.29 is 0 Å². The molecule has 0 unspecified atom stereocenters. The van der Waals surface area contributed by atoms with Crippen LogP contribution in [0.2, 0.25) is 0 Å². The van der Waals surface area contributed by atoms with Gasteiger partial charge in [0.2, 0.25) is 11.4 Å². The van der Waals surface area contributed by atoms with Gasteiger partial charge in [0.05, 0.1) is 0 Å². The first-order valence-electron chi connectivity index (χ1n) is 8.74. The van der Waals surface area contributed by atoms with E-state index in [1.54, 1.807) is 0 Å². The van der Waals surface area contributed by atoms with E-state index in [2.05, 4.69) is 107 Å². The van der Waals surface area contributed by atoms with Crippen molar-refractivity contribution >= 4 is 22.7 Å². The molecule has 0 amide bonds. The Morgan fingerprint density at radius 3 is 1.04 bits per heavy atom. The number of anilines is 4. The Hall–Kier alpha value is -3.36. The molecule has 2 heteroatoms. The summed E-state index contributed by atoms with van der Waals surface area (Å²) >= 11 is 0. The van der Waals surface area contributed by atoms with Gasteiger partial charge in [-0.25, -0.2) is 0 Å². The lowest BCUT2D eigenvalue weighted by Gasteiger charge is -2.25. The van der Waals surface area contributed by atoms with Crippen LogP contribution in [-0.2, 0) is 0 Å². The van der Waals surface area contributed by atoms with Crippen molar-refractivity contribution in [3.8, 4) is 0 Å². The molecule has 0 atom stereocenters. The van der Waals surface area contributed by atoms with Crippen molar-refractivity contribution in [1.29, 1.82) is 0 Å². The summed E-state index contributed by atoms with van der Waals surface area (Å²) in [5, 5.41) is 4.48. The van der Waals surface area contributed by atoms with Gasteiger partial charge < -0.3 is 0 Å². The summed E-state index contributed by atoms with van der Waals surface area (Å²) in [5.41, 5.74) is 4.41. The summed E-state index contributed by atoms with van der Waals surface area (Å²) in [6, 6.07) is 41.8. The maximum absolute atomic E-state index is 2.24. The van der Waals surface area contributed by atoms with Gasteiger partial charge in [-0.3, -0.25) is 0 Å². The molecule has 0 heterocycles. The van der Waals surface area contributed by atoms with Crippen LogP contribution >= 0.6 is 0 Å². The standard InChI is InChI=1S/C24H20N2/c1-5-13-21(14-6-1)25(22-15-7-2-8-16-22)26(23-17-9-3-10-18-23)24-19-11-4-12-20-24/h1-20H/q+1. The minimum absolute atomic E-state index is 1.10. The van der Waals surface area contributed by atoms with Crippen LogP contribution in [0.4, 0.5) is 22.7 Å². The molecule has 2 nitrogen and oxygen atoms in total. The second-order valence-corrected chi connectivity index (χ2v) is 5.97. The summed E-state index contributed by atoms with van der Waals surface area (Å²) in [7, 11) is 0. The Labute approximate surface area is 154 Å². The Balaban J connectivity index is 1.93. The molecule has 125 valence electrons. The summed E-state index contributed by atoms with van der Waals surface area (Å²) in [4.78, 5) is 0. The zero-order chi connectivity index (χ0) is 17.6. The van der Waals surface area contributed by atoms with Crippen molar-refractivity contribution in [3.63, 3.8) is 0 Å². The zero-order valence-corrected chi connectivity index (χ0v) is 14.4. The van der Waals surface area contributed by atoms with Crippen molar-refractivity contribution in [3.05, 3.63) is 121 Å². The molecule has 0 fully saturated rings. The first-order valence-corrected chi connectivity index (χ1v) is 8.74. The van der Waals surface area contributed by atoms with E-state index in [1.165, 1.54) is 0 Å². The molecule has 0 bridgehead atoms. The van der Waals surface area contributed by atoms with E-state index >= 15 is 0 Å². The monoisotopic (exact) mass is 336 g/mol. The van der Waals surface area contributed by atoms with Crippen LogP contribution in [0.5, 0.6) is 0 Å². The second kappa shape index (κ2) is 7.68. The number of nitrogens with zero attached hydrogens (tertiary/aromatic N) is 2. The molecule has 4 rings (SSSR count). The van der Waals surface area contributed by atoms with Gasteiger partial charge in [0, 0.05) is 29.3 Å². The Kier molecular flexibility index (Phi) is 4.77. The zero-order valence-electron chi connectivity index (χ0n) is 14.4. The number of benzene rings is 4. The first-order chi connectivity index (χ1) is 12.9. The fourth-order valence-electron chi connectivity index (χ4n) is 3.04. The molecule has 0 saturated carbocycles.